The van der Waals surface area contributed by atoms with Gasteiger partial charge >= 0.3 is 0 Å². The van der Waals surface area contributed by atoms with E-state index in [1.165, 1.54) is 0 Å². The number of pyridine rings is 1. The molecule has 5 heteroatoms. The van der Waals surface area contributed by atoms with E-state index in [-0.39, 0.29) is 12.2 Å². The van der Waals surface area contributed by atoms with Crippen LogP contribution in [0.15, 0.2) is 41.0 Å². The van der Waals surface area contributed by atoms with E-state index in [2.05, 4.69) is 20.9 Å². The highest BCUT2D eigenvalue weighted by atomic mass is 79.9. The average molecular weight is 345 g/mol. The van der Waals surface area contributed by atoms with Crippen molar-refractivity contribution in [3.05, 3.63) is 62.3 Å². The molecular weight excluding hydrogens is 337 g/mol. The normalized spacial score (nSPS) is 10.4. The standard InChI is InChI=1S/C13H8BrCl2NO/c14-9-2-1-5-17-13(9)12(18)7-8-3-4-10(15)11(16)6-8/h1-6H,7H2. The Labute approximate surface area is 123 Å². The van der Waals surface area contributed by atoms with Gasteiger partial charge < -0.3 is 0 Å². The number of carbonyl (C=O) groups excluding carboxylic acids is 1. The molecule has 0 radical (unpaired) electrons. The predicted octanol–water partition coefficient (Wildman–Crippen LogP) is 4.58. The van der Waals surface area contributed by atoms with Crippen LogP contribution in [0.1, 0.15) is 16.1 Å². The Balaban J connectivity index is 2.22. The molecule has 2 aromatic rings. The van der Waals surface area contributed by atoms with E-state index in [1.807, 2.05) is 0 Å². The first-order chi connectivity index (χ1) is 8.58. The molecule has 0 amide bonds. The van der Waals surface area contributed by atoms with E-state index in [4.69, 9.17) is 23.2 Å². The van der Waals surface area contributed by atoms with Crippen molar-refractivity contribution in [3.63, 3.8) is 0 Å². The molecule has 1 aromatic carbocycles. The second kappa shape index (κ2) is 5.83. The van der Waals surface area contributed by atoms with Crippen LogP contribution >= 0.6 is 39.1 Å². The molecule has 0 unspecified atom stereocenters. The number of ketones is 1. The van der Waals surface area contributed by atoms with Gasteiger partial charge in [-0.05, 0) is 45.8 Å². The molecule has 2 rings (SSSR count). The second-order valence-corrected chi connectivity index (χ2v) is 5.35. The molecule has 0 aliphatic rings. The van der Waals surface area contributed by atoms with Crippen LogP contribution in [-0.2, 0) is 6.42 Å². The minimum Gasteiger partial charge on any atom is -0.292 e. The van der Waals surface area contributed by atoms with Crippen LogP contribution in [0, 0.1) is 0 Å². The summed E-state index contributed by atoms with van der Waals surface area (Å²) >= 11 is 15.0. The third-order valence-electron chi connectivity index (χ3n) is 2.37. The van der Waals surface area contributed by atoms with Crippen molar-refractivity contribution in [1.29, 1.82) is 0 Å². The summed E-state index contributed by atoms with van der Waals surface area (Å²) in [6.07, 6.45) is 1.83. The Morgan fingerprint density at radius 1 is 1.22 bits per heavy atom. The number of rotatable bonds is 3. The van der Waals surface area contributed by atoms with Crippen LogP contribution in [0.4, 0.5) is 0 Å². The van der Waals surface area contributed by atoms with E-state index < -0.39 is 0 Å². The maximum atomic E-state index is 12.1. The summed E-state index contributed by atoms with van der Waals surface area (Å²) in [5, 5.41) is 0.925. The fourth-order valence-electron chi connectivity index (χ4n) is 1.51. The predicted molar refractivity (Wildman–Crippen MR) is 76.4 cm³/mol. The van der Waals surface area contributed by atoms with Crippen LogP contribution < -0.4 is 0 Å². The van der Waals surface area contributed by atoms with E-state index in [9.17, 15) is 4.79 Å². The number of benzene rings is 1. The lowest BCUT2D eigenvalue weighted by molar-refractivity contribution is 0.0987. The first-order valence-electron chi connectivity index (χ1n) is 5.15. The minimum absolute atomic E-state index is 0.0686. The lowest BCUT2D eigenvalue weighted by Gasteiger charge is -2.04. The molecule has 0 saturated heterocycles. The fraction of sp³-hybridized carbons (Fsp3) is 0.0769. The number of Topliss-reactive ketones (excluding diaryl/α,β-unsaturated/α-hetero) is 1. The van der Waals surface area contributed by atoms with Gasteiger partial charge in [0.2, 0.25) is 0 Å². The molecule has 1 aromatic heterocycles. The molecule has 2 nitrogen and oxygen atoms in total. The van der Waals surface area contributed by atoms with Crippen LogP contribution in [0.25, 0.3) is 0 Å². The topological polar surface area (TPSA) is 30.0 Å². The Bertz CT molecular complexity index is 601. The number of hydrogen-bond acceptors (Lipinski definition) is 2. The summed E-state index contributed by atoms with van der Waals surface area (Å²) in [5.74, 6) is -0.0686. The number of hydrogen-bond donors (Lipinski definition) is 0. The van der Waals surface area contributed by atoms with E-state index in [1.54, 1.807) is 36.5 Å². The van der Waals surface area contributed by atoms with E-state index in [0.717, 1.165) is 5.56 Å². The van der Waals surface area contributed by atoms with E-state index >= 15 is 0 Å². The zero-order chi connectivity index (χ0) is 13.1. The Hall–Kier alpha value is -0.900. The number of carbonyl (C=O) groups is 1. The van der Waals surface area contributed by atoms with Crippen molar-refractivity contribution in [2.45, 2.75) is 6.42 Å². The SMILES string of the molecule is O=C(Cc1ccc(Cl)c(Cl)c1)c1ncccc1Br. The molecule has 18 heavy (non-hydrogen) atoms. The van der Waals surface area contributed by atoms with Crippen molar-refractivity contribution in [3.8, 4) is 0 Å². The van der Waals surface area contributed by atoms with Crippen molar-refractivity contribution in [2.75, 3.05) is 0 Å². The van der Waals surface area contributed by atoms with Crippen LogP contribution in [0.2, 0.25) is 10.0 Å². The first-order valence-corrected chi connectivity index (χ1v) is 6.70. The molecule has 0 bridgehead atoms. The second-order valence-electron chi connectivity index (χ2n) is 3.68. The van der Waals surface area contributed by atoms with Gasteiger partial charge in [0.05, 0.1) is 10.0 Å². The summed E-state index contributed by atoms with van der Waals surface area (Å²) in [7, 11) is 0. The van der Waals surface area contributed by atoms with E-state index in [0.29, 0.717) is 20.2 Å². The summed E-state index contributed by atoms with van der Waals surface area (Å²) in [4.78, 5) is 16.1. The molecule has 0 aliphatic heterocycles. The lowest BCUT2D eigenvalue weighted by atomic mass is 10.1. The molecule has 0 fully saturated rings. The van der Waals surface area contributed by atoms with Gasteiger partial charge in [-0.25, -0.2) is 0 Å². The van der Waals surface area contributed by atoms with Crippen molar-refractivity contribution < 1.29 is 4.79 Å². The summed E-state index contributed by atoms with van der Waals surface area (Å²) < 4.78 is 0.690. The highest BCUT2D eigenvalue weighted by Crippen LogP contribution is 2.23. The maximum Gasteiger partial charge on any atom is 0.186 e. The fourth-order valence-corrected chi connectivity index (χ4v) is 2.31. The number of nitrogens with zero attached hydrogens (tertiary/aromatic N) is 1. The zero-order valence-corrected chi connectivity index (χ0v) is 12.3. The average Bonchev–Trinajstić information content (AvgIpc) is 2.34. The van der Waals surface area contributed by atoms with Crippen molar-refractivity contribution in [2.24, 2.45) is 0 Å². The lowest BCUT2D eigenvalue weighted by Crippen LogP contribution is -2.06. The maximum absolute atomic E-state index is 12.1. The Morgan fingerprint density at radius 3 is 2.67 bits per heavy atom. The summed E-state index contributed by atoms with van der Waals surface area (Å²) in [6.45, 7) is 0. The molecular formula is C13H8BrCl2NO. The Morgan fingerprint density at radius 2 is 2.00 bits per heavy atom. The van der Waals surface area contributed by atoms with Gasteiger partial charge in [0.15, 0.2) is 5.78 Å². The largest absolute Gasteiger partial charge is 0.292 e. The van der Waals surface area contributed by atoms with Gasteiger partial charge in [-0.15, -0.1) is 0 Å². The highest BCUT2D eigenvalue weighted by molar-refractivity contribution is 9.10. The van der Waals surface area contributed by atoms with Gasteiger partial charge in [-0.2, -0.15) is 0 Å². The molecule has 92 valence electrons. The summed E-state index contributed by atoms with van der Waals surface area (Å²) in [6, 6.07) is 8.71. The summed E-state index contributed by atoms with van der Waals surface area (Å²) in [5.41, 5.74) is 1.23. The third kappa shape index (κ3) is 3.10. The number of aromatic nitrogens is 1. The molecule has 1 heterocycles. The van der Waals surface area contributed by atoms with Gasteiger partial charge in [-0.1, -0.05) is 29.3 Å². The zero-order valence-electron chi connectivity index (χ0n) is 9.16. The molecule has 0 spiro atoms. The molecule has 0 saturated carbocycles. The number of halogens is 3. The molecule has 0 N–H and O–H groups in total. The van der Waals surface area contributed by atoms with Crippen molar-refractivity contribution in [1.82, 2.24) is 4.98 Å². The monoisotopic (exact) mass is 343 g/mol. The Kier molecular flexibility index (Phi) is 4.38. The van der Waals surface area contributed by atoms with Gasteiger partial charge in [-0.3, -0.25) is 9.78 Å². The first kappa shape index (κ1) is 13.5. The van der Waals surface area contributed by atoms with Gasteiger partial charge in [0.25, 0.3) is 0 Å². The van der Waals surface area contributed by atoms with Gasteiger partial charge in [0.1, 0.15) is 5.69 Å². The van der Waals surface area contributed by atoms with Gasteiger partial charge in [0, 0.05) is 17.1 Å². The quantitative estimate of drug-likeness (QED) is 0.763. The minimum atomic E-state index is -0.0686. The van der Waals surface area contributed by atoms with Crippen LogP contribution in [0.5, 0.6) is 0 Å². The van der Waals surface area contributed by atoms with Crippen molar-refractivity contribution >= 4 is 44.9 Å². The highest BCUT2D eigenvalue weighted by Gasteiger charge is 2.12. The molecule has 0 atom stereocenters. The van der Waals surface area contributed by atoms with Crippen LogP contribution in [-0.4, -0.2) is 10.8 Å². The third-order valence-corrected chi connectivity index (χ3v) is 3.75. The molecule has 0 aliphatic carbocycles. The van der Waals surface area contributed by atoms with Crippen LogP contribution in [0.3, 0.4) is 0 Å². The smallest absolute Gasteiger partial charge is 0.186 e.